The van der Waals surface area contributed by atoms with Crippen LogP contribution in [0.3, 0.4) is 0 Å². The number of hydrogen-bond donors (Lipinski definition) is 0. The molecule has 0 aliphatic carbocycles. The summed E-state index contributed by atoms with van der Waals surface area (Å²) in [6.07, 6.45) is 1.92. The summed E-state index contributed by atoms with van der Waals surface area (Å²) in [5.74, 6) is 0. The molecule has 0 rings (SSSR count). The van der Waals surface area contributed by atoms with E-state index in [0.29, 0.717) is 13.2 Å². The molecule has 2 heteroatoms. The third kappa shape index (κ3) is 7.92. The van der Waals surface area contributed by atoms with Crippen LogP contribution in [0.25, 0.3) is 0 Å². The molecule has 0 saturated heterocycles. The normalized spacial score (nSPS) is 10.2. The van der Waals surface area contributed by atoms with Crippen molar-refractivity contribution in [1.82, 2.24) is 0 Å². The fourth-order valence-electron chi connectivity index (χ4n) is 0.568. The molecule has 0 amide bonds. The Morgan fingerprint density at radius 1 is 1.00 bits per heavy atom. The van der Waals surface area contributed by atoms with E-state index >= 15 is 0 Å². The van der Waals surface area contributed by atoms with E-state index in [0.717, 1.165) is 26.1 Å². The van der Waals surface area contributed by atoms with Crippen molar-refractivity contribution in [2.75, 3.05) is 26.4 Å². The van der Waals surface area contributed by atoms with Crippen LogP contribution in [0, 0.1) is 6.92 Å². The lowest BCUT2D eigenvalue weighted by Gasteiger charge is -2.02. The summed E-state index contributed by atoms with van der Waals surface area (Å²) < 4.78 is 10.3. The molecule has 0 unspecified atom stereocenters. The minimum Gasteiger partial charge on any atom is -0.379 e. The molecule has 0 aromatic rings. The smallest absolute Gasteiger partial charge is 0.0700 e. The maximum absolute atomic E-state index is 5.18. The van der Waals surface area contributed by atoms with Crippen LogP contribution in [-0.2, 0) is 9.47 Å². The Bertz CT molecular complexity index is 47.2. The zero-order valence-corrected chi connectivity index (χ0v) is 6.77. The molecular formula is C8H17O2. The number of rotatable bonds is 7. The van der Waals surface area contributed by atoms with E-state index in [1.165, 1.54) is 0 Å². The van der Waals surface area contributed by atoms with Gasteiger partial charge >= 0.3 is 0 Å². The summed E-state index contributed by atoms with van der Waals surface area (Å²) in [6, 6.07) is 0. The van der Waals surface area contributed by atoms with Crippen LogP contribution in [0.4, 0.5) is 0 Å². The number of ether oxygens (including phenoxy) is 2. The summed E-state index contributed by atoms with van der Waals surface area (Å²) in [7, 11) is 0. The van der Waals surface area contributed by atoms with Gasteiger partial charge in [0.05, 0.1) is 13.2 Å². The van der Waals surface area contributed by atoms with Crippen LogP contribution >= 0.6 is 0 Å². The predicted octanol–water partition coefficient (Wildman–Crippen LogP) is 1.65. The van der Waals surface area contributed by atoms with Crippen molar-refractivity contribution in [3.8, 4) is 0 Å². The molecular weight excluding hydrogens is 128 g/mol. The fraction of sp³-hybridized carbons (Fsp3) is 0.875. The fourth-order valence-corrected chi connectivity index (χ4v) is 0.568. The number of hydrogen-bond acceptors (Lipinski definition) is 2. The molecule has 0 fully saturated rings. The van der Waals surface area contributed by atoms with E-state index in [9.17, 15) is 0 Å². The summed E-state index contributed by atoms with van der Waals surface area (Å²) in [5.41, 5.74) is 0. The van der Waals surface area contributed by atoms with E-state index < -0.39 is 0 Å². The van der Waals surface area contributed by atoms with Gasteiger partial charge in [-0.15, -0.1) is 0 Å². The molecule has 2 nitrogen and oxygen atoms in total. The Morgan fingerprint density at radius 2 is 1.60 bits per heavy atom. The predicted molar refractivity (Wildman–Crippen MR) is 41.9 cm³/mol. The van der Waals surface area contributed by atoms with Crippen LogP contribution in [0.15, 0.2) is 0 Å². The first-order valence-electron chi connectivity index (χ1n) is 3.86. The largest absolute Gasteiger partial charge is 0.379 e. The molecule has 0 saturated carbocycles. The van der Waals surface area contributed by atoms with Gasteiger partial charge in [0, 0.05) is 13.2 Å². The van der Waals surface area contributed by atoms with E-state index in [4.69, 9.17) is 9.47 Å². The summed E-state index contributed by atoms with van der Waals surface area (Å²) in [6.45, 7) is 8.75. The molecule has 0 heterocycles. The Balaban J connectivity index is 2.65. The highest BCUT2D eigenvalue weighted by Gasteiger charge is 1.85. The third-order valence-corrected chi connectivity index (χ3v) is 1.01. The molecule has 0 aliphatic heterocycles. The molecule has 1 radical (unpaired) electrons. The lowest BCUT2D eigenvalue weighted by Crippen LogP contribution is -2.05. The molecule has 0 atom stereocenters. The average Bonchev–Trinajstić information content (AvgIpc) is 1.97. The van der Waals surface area contributed by atoms with Crippen molar-refractivity contribution in [3.63, 3.8) is 0 Å². The molecule has 0 aromatic heterocycles. The second-order valence-corrected chi connectivity index (χ2v) is 2.08. The van der Waals surface area contributed by atoms with Gasteiger partial charge in [0.25, 0.3) is 0 Å². The zero-order chi connectivity index (χ0) is 7.66. The molecule has 0 aliphatic rings. The van der Waals surface area contributed by atoms with Gasteiger partial charge in [-0.1, -0.05) is 13.8 Å². The zero-order valence-electron chi connectivity index (χ0n) is 6.77. The standard InChI is InChI=1S/C8H17O2/c1-3-5-9-7-8-10-6-4-2/h1,3-8H2,2H3. The Hall–Kier alpha value is -0.0800. The highest BCUT2D eigenvalue weighted by Crippen LogP contribution is 1.82. The van der Waals surface area contributed by atoms with Crippen molar-refractivity contribution in [2.24, 2.45) is 0 Å². The summed E-state index contributed by atoms with van der Waals surface area (Å²) >= 11 is 0. The first kappa shape index (κ1) is 9.92. The van der Waals surface area contributed by atoms with Gasteiger partial charge < -0.3 is 9.47 Å². The minimum atomic E-state index is 0.704. The summed E-state index contributed by atoms with van der Waals surface area (Å²) in [4.78, 5) is 0. The van der Waals surface area contributed by atoms with Crippen LogP contribution in [0.1, 0.15) is 19.8 Å². The molecule has 0 spiro atoms. The van der Waals surface area contributed by atoms with Crippen LogP contribution in [-0.4, -0.2) is 26.4 Å². The third-order valence-electron chi connectivity index (χ3n) is 1.01. The van der Waals surface area contributed by atoms with Gasteiger partial charge in [-0.2, -0.15) is 0 Å². The SMILES string of the molecule is [CH2]CCOCCOCCC. The van der Waals surface area contributed by atoms with E-state index in [-0.39, 0.29) is 0 Å². The minimum absolute atomic E-state index is 0.704. The van der Waals surface area contributed by atoms with Crippen LogP contribution < -0.4 is 0 Å². The van der Waals surface area contributed by atoms with Gasteiger partial charge in [0.1, 0.15) is 0 Å². The molecule has 10 heavy (non-hydrogen) atoms. The van der Waals surface area contributed by atoms with Crippen molar-refractivity contribution >= 4 is 0 Å². The van der Waals surface area contributed by atoms with Crippen LogP contribution in [0.2, 0.25) is 0 Å². The van der Waals surface area contributed by atoms with Gasteiger partial charge in [-0.3, -0.25) is 0 Å². The lowest BCUT2D eigenvalue weighted by molar-refractivity contribution is 0.0496. The Labute approximate surface area is 63.5 Å². The quantitative estimate of drug-likeness (QED) is 0.507. The summed E-state index contributed by atoms with van der Waals surface area (Å²) in [5, 5.41) is 0. The highest BCUT2D eigenvalue weighted by molar-refractivity contribution is 4.36. The first-order chi connectivity index (χ1) is 4.91. The van der Waals surface area contributed by atoms with E-state index in [2.05, 4.69) is 13.8 Å². The van der Waals surface area contributed by atoms with Crippen molar-refractivity contribution in [3.05, 3.63) is 6.92 Å². The van der Waals surface area contributed by atoms with Gasteiger partial charge in [0.15, 0.2) is 0 Å². The second-order valence-electron chi connectivity index (χ2n) is 2.08. The van der Waals surface area contributed by atoms with Gasteiger partial charge in [0.2, 0.25) is 0 Å². The molecule has 61 valence electrons. The lowest BCUT2D eigenvalue weighted by atomic mass is 10.5. The highest BCUT2D eigenvalue weighted by atomic mass is 16.5. The Kier molecular flexibility index (Phi) is 8.85. The molecule has 0 bridgehead atoms. The van der Waals surface area contributed by atoms with Crippen molar-refractivity contribution in [2.45, 2.75) is 19.8 Å². The molecule has 0 N–H and O–H groups in total. The molecule has 0 aromatic carbocycles. The maximum atomic E-state index is 5.18. The average molecular weight is 145 g/mol. The van der Waals surface area contributed by atoms with Crippen LogP contribution in [0.5, 0.6) is 0 Å². The first-order valence-corrected chi connectivity index (χ1v) is 3.86. The topological polar surface area (TPSA) is 18.5 Å². The van der Waals surface area contributed by atoms with Crippen molar-refractivity contribution < 1.29 is 9.47 Å². The second kappa shape index (κ2) is 8.92. The van der Waals surface area contributed by atoms with Gasteiger partial charge in [-0.05, 0) is 12.8 Å². The van der Waals surface area contributed by atoms with Crippen molar-refractivity contribution in [1.29, 1.82) is 0 Å². The van der Waals surface area contributed by atoms with Gasteiger partial charge in [-0.25, -0.2) is 0 Å². The van der Waals surface area contributed by atoms with E-state index in [1.54, 1.807) is 0 Å². The monoisotopic (exact) mass is 145 g/mol. The van der Waals surface area contributed by atoms with E-state index in [1.807, 2.05) is 0 Å². The maximum Gasteiger partial charge on any atom is 0.0700 e. The Morgan fingerprint density at radius 3 is 2.10 bits per heavy atom.